The Morgan fingerprint density at radius 3 is 2.45 bits per heavy atom. The van der Waals surface area contributed by atoms with Crippen molar-refractivity contribution < 1.29 is 20.1 Å². The highest BCUT2D eigenvalue weighted by Gasteiger charge is 2.58. The van der Waals surface area contributed by atoms with Gasteiger partial charge in [-0.05, 0) is 24.3 Å². The van der Waals surface area contributed by atoms with Gasteiger partial charge in [-0.15, -0.1) is 11.8 Å². The predicted molar refractivity (Wildman–Crippen MR) is 77.0 cm³/mol. The van der Waals surface area contributed by atoms with Gasteiger partial charge in [0.25, 0.3) is 0 Å². The maximum atomic E-state index is 12.2. The number of fused-ring (bicyclic) bond motifs is 1. The smallest absolute Gasteiger partial charge is 0.242 e. The van der Waals surface area contributed by atoms with Crippen molar-refractivity contribution in [2.45, 2.75) is 28.7 Å². The highest BCUT2D eigenvalue weighted by molar-refractivity contribution is 8.01. The molecule has 5 atom stereocenters. The Morgan fingerprint density at radius 1 is 1.20 bits per heavy atom. The van der Waals surface area contributed by atoms with E-state index in [0.29, 0.717) is 10.7 Å². The second-order valence-corrected chi connectivity index (χ2v) is 6.76. The molecule has 1 aromatic rings. The SMILES string of the molecule is O=C1[C@@H]2S[C@H](CO)[C@@H](O)[C@H](O)[C@@H]2N1c1ccc(Cl)cc1. The molecule has 5 nitrogen and oxygen atoms in total. The third kappa shape index (κ3) is 2.03. The van der Waals surface area contributed by atoms with E-state index in [1.54, 1.807) is 24.3 Å². The van der Waals surface area contributed by atoms with E-state index in [-0.39, 0.29) is 12.5 Å². The van der Waals surface area contributed by atoms with Crippen molar-refractivity contribution in [1.82, 2.24) is 0 Å². The van der Waals surface area contributed by atoms with Gasteiger partial charge in [-0.3, -0.25) is 4.79 Å². The van der Waals surface area contributed by atoms with E-state index < -0.39 is 28.7 Å². The minimum absolute atomic E-state index is 0.119. The molecule has 2 heterocycles. The van der Waals surface area contributed by atoms with Gasteiger partial charge in [0, 0.05) is 10.7 Å². The van der Waals surface area contributed by atoms with Crippen LogP contribution in [0.15, 0.2) is 24.3 Å². The maximum Gasteiger partial charge on any atom is 0.242 e. The Labute approximate surface area is 125 Å². The average Bonchev–Trinajstić information content (AvgIpc) is 2.45. The van der Waals surface area contributed by atoms with Gasteiger partial charge < -0.3 is 20.2 Å². The molecule has 108 valence electrons. The first-order valence-corrected chi connectivity index (χ1v) is 7.57. The lowest BCUT2D eigenvalue weighted by atomic mass is 9.89. The molecule has 3 rings (SSSR count). The third-order valence-corrected chi connectivity index (χ3v) is 5.58. The number of nitrogens with zero attached hydrogens (tertiary/aromatic N) is 1. The second-order valence-electron chi connectivity index (χ2n) is 4.93. The zero-order chi connectivity index (χ0) is 14.4. The summed E-state index contributed by atoms with van der Waals surface area (Å²) in [6, 6.07) is 6.29. The van der Waals surface area contributed by atoms with E-state index in [2.05, 4.69) is 0 Å². The number of thioether (sulfide) groups is 1. The van der Waals surface area contributed by atoms with Crippen molar-refractivity contribution in [2.24, 2.45) is 0 Å². The summed E-state index contributed by atoms with van der Waals surface area (Å²) < 4.78 is 0. The summed E-state index contributed by atoms with van der Waals surface area (Å²) in [4.78, 5) is 13.7. The number of carbonyl (C=O) groups is 1. The number of β-lactam (4-membered cyclic amide) rings is 1. The van der Waals surface area contributed by atoms with E-state index >= 15 is 0 Å². The molecule has 0 aromatic heterocycles. The average molecular weight is 316 g/mol. The van der Waals surface area contributed by atoms with Gasteiger partial charge in [-0.1, -0.05) is 11.6 Å². The molecule has 1 amide bonds. The zero-order valence-corrected chi connectivity index (χ0v) is 12.0. The van der Waals surface area contributed by atoms with Gasteiger partial charge >= 0.3 is 0 Å². The normalized spacial score (nSPS) is 36.5. The monoisotopic (exact) mass is 315 g/mol. The quantitative estimate of drug-likeness (QED) is 0.682. The molecule has 2 fully saturated rings. The Hall–Kier alpha value is -0.790. The van der Waals surface area contributed by atoms with Crippen molar-refractivity contribution in [1.29, 1.82) is 0 Å². The number of rotatable bonds is 2. The standard InChI is InChI=1S/C13H14ClNO4S/c14-6-1-3-7(4-2-6)15-9-11(18)10(17)8(5-16)20-12(9)13(15)19/h1-4,8-12,16-18H,5H2/t8-,9+,10-,11-,12-/m1/s1. The highest BCUT2D eigenvalue weighted by atomic mass is 35.5. The van der Waals surface area contributed by atoms with E-state index in [4.69, 9.17) is 11.6 Å². The summed E-state index contributed by atoms with van der Waals surface area (Å²) in [5.74, 6) is -0.119. The van der Waals surface area contributed by atoms with E-state index in [0.717, 1.165) is 0 Å². The predicted octanol–water partition coefficient (Wildman–Crippen LogP) is 0.253. The molecule has 2 saturated heterocycles. The molecule has 0 spiro atoms. The van der Waals surface area contributed by atoms with Crippen molar-refractivity contribution in [3.63, 3.8) is 0 Å². The number of benzene rings is 1. The molecule has 20 heavy (non-hydrogen) atoms. The van der Waals surface area contributed by atoms with Gasteiger partial charge in [0.15, 0.2) is 0 Å². The molecule has 0 unspecified atom stereocenters. The summed E-state index contributed by atoms with van der Waals surface area (Å²) in [6.45, 7) is -0.264. The van der Waals surface area contributed by atoms with Crippen LogP contribution in [0.5, 0.6) is 0 Å². The molecular formula is C13H14ClNO4S. The van der Waals surface area contributed by atoms with Crippen molar-refractivity contribution in [3.8, 4) is 0 Å². The number of carbonyl (C=O) groups excluding carboxylic acids is 1. The topological polar surface area (TPSA) is 81.0 Å². The first kappa shape index (κ1) is 14.2. The maximum absolute atomic E-state index is 12.2. The van der Waals surface area contributed by atoms with Gasteiger partial charge in [0.2, 0.25) is 5.91 Å². The number of aliphatic hydroxyl groups excluding tert-OH is 3. The van der Waals surface area contributed by atoms with Crippen LogP contribution < -0.4 is 4.90 Å². The fourth-order valence-corrected chi connectivity index (χ4v) is 4.28. The molecule has 0 bridgehead atoms. The van der Waals surface area contributed by atoms with Crippen LogP contribution in [0, 0.1) is 0 Å². The van der Waals surface area contributed by atoms with Crippen LogP contribution in [0.25, 0.3) is 0 Å². The molecular weight excluding hydrogens is 302 g/mol. The van der Waals surface area contributed by atoms with Crippen molar-refractivity contribution in [3.05, 3.63) is 29.3 Å². The Kier molecular flexibility index (Phi) is 3.68. The fraction of sp³-hybridized carbons (Fsp3) is 0.462. The van der Waals surface area contributed by atoms with Gasteiger partial charge in [-0.2, -0.15) is 0 Å². The molecule has 1 aromatic carbocycles. The van der Waals surface area contributed by atoms with Crippen LogP contribution in [0.2, 0.25) is 5.02 Å². The van der Waals surface area contributed by atoms with Gasteiger partial charge in [0.1, 0.15) is 11.4 Å². The molecule has 2 aliphatic heterocycles. The number of hydrogen-bond acceptors (Lipinski definition) is 5. The van der Waals surface area contributed by atoms with Crippen LogP contribution in [-0.4, -0.2) is 56.6 Å². The van der Waals surface area contributed by atoms with Crippen LogP contribution >= 0.6 is 23.4 Å². The summed E-state index contributed by atoms with van der Waals surface area (Å²) in [6.07, 6.45) is -2.11. The van der Waals surface area contributed by atoms with E-state index in [1.807, 2.05) is 0 Å². The van der Waals surface area contributed by atoms with Crippen LogP contribution in [0.4, 0.5) is 5.69 Å². The van der Waals surface area contributed by atoms with Crippen LogP contribution in [0.3, 0.4) is 0 Å². The lowest BCUT2D eigenvalue weighted by Crippen LogP contribution is -2.74. The number of amides is 1. The largest absolute Gasteiger partial charge is 0.395 e. The summed E-state index contributed by atoms with van der Waals surface area (Å²) >= 11 is 7.04. The first-order valence-electron chi connectivity index (χ1n) is 6.25. The number of anilines is 1. The van der Waals surface area contributed by atoms with E-state index in [9.17, 15) is 20.1 Å². The van der Waals surface area contributed by atoms with Gasteiger partial charge in [-0.25, -0.2) is 0 Å². The minimum Gasteiger partial charge on any atom is -0.395 e. The number of halogens is 1. The zero-order valence-electron chi connectivity index (χ0n) is 10.4. The summed E-state index contributed by atoms with van der Waals surface area (Å²) in [5, 5.41) is 28.9. The van der Waals surface area contributed by atoms with Crippen LogP contribution in [-0.2, 0) is 4.79 Å². The summed E-state index contributed by atoms with van der Waals surface area (Å²) in [7, 11) is 0. The molecule has 0 aliphatic carbocycles. The number of aliphatic hydroxyl groups is 3. The molecule has 2 aliphatic rings. The Morgan fingerprint density at radius 2 is 1.85 bits per heavy atom. The van der Waals surface area contributed by atoms with Crippen LogP contribution in [0.1, 0.15) is 0 Å². The van der Waals surface area contributed by atoms with Gasteiger partial charge in [0.05, 0.1) is 24.0 Å². The van der Waals surface area contributed by atoms with E-state index in [1.165, 1.54) is 16.7 Å². The summed E-state index contributed by atoms with van der Waals surface area (Å²) in [5.41, 5.74) is 0.648. The molecule has 0 saturated carbocycles. The second kappa shape index (κ2) is 5.20. The fourth-order valence-electron chi connectivity index (χ4n) is 2.70. The first-order chi connectivity index (χ1) is 9.54. The molecule has 3 N–H and O–H groups in total. The minimum atomic E-state index is -1.06. The Balaban J connectivity index is 1.86. The lowest BCUT2D eigenvalue weighted by Gasteiger charge is -2.54. The Bertz CT molecular complexity index is 526. The van der Waals surface area contributed by atoms with Crippen molar-refractivity contribution >= 4 is 35.0 Å². The highest BCUT2D eigenvalue weighted by Crippen LogP contribution is 2.44. The van der Waals surface area contributed by atoms with Crippen molar-refractivity contribution in [2.75, 3.05) is 11.5 Å². The number of hydrogen-bond donors (Lipinski definition) is 3. The third-order valence-electron chi connectivity index (χ3n) is 3.78. The lowest BCUT2D eigenvalue weighted by molar-refractivity contribution is -0.128. The molecule has 0 radical (unpaired) electrons. The molecule has 7 heteroatoms.